The van der Waals surface area contributed by atoms with Gasteiger partial charge >= 0.3 is 0 Å². The van der Waals surface area contributed by atoms with Gasteiger partial charge in [-0.3, -0.25) is 14.6 Å². The molecule has 0 aliphatic heterocycles. The van der Waals surface area contributed by atoms with Gasteiger partial charge in [0.05, 0.1) is 5.56 Å². The van der Waals surface area contributed by atoms with Crippen molar-refractivity contribution >= 4 is 17.5 Å². The Morgan fingerprint density at radius 2 is 1.83 bits per heavy atom. The molecule has 0 aliphatic carbocycles. The van der Waals surface area contributed by atoms with Crippen molar-refractivity contribution in [3.63, 3.8) is 0 Å². The zero-order valence-electron chi connectivity index (χ0n) is 16.4. The van der Waals surface area contributed by atoms with E-state index in [2.05, 4.69) is 15.6 Å². The number of carbonyl (C=O) groups excluding carboxylic acids is 2. The van der Waals surface area contributed by atoms with E-state index in [0.29, 0.717) is 17.0 Å². The average Bonchev–Trinajstić information content (AvgIpc) is 2.74. The van der Waals surface area contributed by atoms with Crippen LogP contribution in [0.25, 0.3) is 0 Å². The van der Waals surface area contributed by atoms with E-state index in [1.54, 1.807) is 24.4 Å². The fourth-order valence-corrected chi connectivity index (χ4v) is 2.71. The molecule has 0 bridgehead atoms. The molecule has 1 aromatic heterocycles. The second kappa shape index (κ2) is 9.50. The quantitative estimate of drug-likeness (QED) is 0.646. The number of amides is 2. The highest BCUT2D eigenvalue weighted by atomic mass is 16.5. The second-order valence-electron chi connectivity index (χ2n) is 6.66. The molecular weight excluding hydrogens is 366 g/mol. The molecule has 2 amide bonds. The molecule has 148 valence electrons. The van der Waals surface area contributed by atoms with Crippen molar-refractivity contribution in [1.82, 2.24) is 10.3 Å². The van der Waals surface area contributed by atoms with Crippen molar-refractivity contribution in [2.45, 2.75) is 20.4 Å². The Balaban J connectivity index is 1.57. The summed E-state index contributed by atoms with van der Waals surface area (Å²) in [6.07, 6.45) is 3.12. The van der Waals surface area contributed by atoms with Crippen LogP contribution in [-0.2, 0) is 11.3 Å². The number of hydrogen-bond donors (Lipinski definition) is 2. The predicted molar refractivity (Wildman–Crippen MR) is 112 cm³/mol. The molecule has 0 fully saturated rings. The third kappa shape index (κ3) is 5.65. The number of ether oxygens (including phenoxy) is 1. The van der Waals surface area contributed by atoms with Gasteiger partial charge < -0.3 is 15.4 Å². The minimum Gasteiger partial charge on any atom is -0.484 e. The molecule has 0 saturated carbocycles. The van der Waals surface area contributed by atoms with E-state index < -0.39 is 0 Å². The van der Waals surface area contributed by atoms with Crippen LogP contribution in [0, 0.1) is 13.8 Å². The van der Waals surface area contributed by atoms with Crippen LogP contribution >= 0.6 is 0 Å². The smallest absolute Gasteiger partial charge is 0.262 e. The van der Waals surface area contributed by atoms with Crippen LogP contribution in [0.1, 0.15) is 27.0 Å². The van der Waals surface area contributed by atoms with Crippen molar-refractivity contribution < 1.29 is 14.3 Å². The number of para-hydroxylation sites is 1. The van der Waals surface area contributed by atoms with Crippen LogP contribution in [-0.4, -0.2) is 23.4 Å². The number of carbonyl (C=O) groups is 2. The summed E-state index contributed by atoms with van der Waals surface area (Å²) in [6, 6.07) is 16.4. The maximum absolute atomic E-state index is 12.3. The van der Waals surface area contributed by atoms with E-state index in [9.17, 15) is 9.59 Å². The number of pyridine rings is 1. The average molecular weight is 389 g/mol. The van der Waals surface area contributed by atoms with Gasteiger partial charge in [0, 0.05) is 24.6 Å². The Morgan fingerprint density at radius 3 is 2.59 bits per heavy atom. The first-order chi connectivity index (χ1) is 14.0. The number of rotatable bonds is 7. The molecule has 0 unspecified atom stereocenters. The predicted octanol–water partition coefficient (Wildman–Crippen LogP) is 3.65. The van der Waals surface area contributed by atoms with Crippen molar-refractivity contribution in [3.8, 4) is 5.75 Å². The summed E-state index contributed by atoms with van der Waals surface area (Å²) in [6.45, 7) is 4.20. The molecule has 2 N–H and O–H groups in total. The van der Waals surface area contributed by atoms with Gasteiger partial charge in [-0.25, -0.2) is 0 Å². The highest BCUT2D eigenvalue weighted by Gasteiger charge is 2.10. The number of nitrogens with one attached hydrogen (secondary N) is 2. The minimum atomic E-state index is -0.269. The number of aromatic nitrogens is 1. The fraction of sp³-hybridized carbons (Fsp3) is 0.174. The number of hydrogen-bond acceptors (Lipinski definition) is 4. The first kappa shape index (κ1) is 20.1. The zero-order chi connectivity index (χ0) is 20.6. The normalized spacial score (nSPS) is 10.3. The highest BCUT2D eigenvalue weighted by Crippen LogP contribution is 2.17. The van der Waals surface area contributed by atoms with Crippen LogP contribution in [0.2, 0.25) is 0 Å². The van der Waals surface area contributed by atoms with Crippen LogP contribution in [0.3, 0.4) is 0 Å². The van der Waals surface area contributed by atoms with Crippen LogP contribution in [0.5, 0.6) is 5.75 Å². The molecule has 1 heterocycles. The molecule has 0 saturated heterocycles. The molecule has 3 aromatic rings. The van der Waals surface area contributed by atoms with E-state index in [4.69, 9.17) is 4.74 Å². The molecule has 0 aliphatic rings. The molecule has 0 spiro atoms. The second-order valence-corrected chi connectivity index (χ2v) is 6.66. The van der Waals surface area contributed by atoms with Crippen LogP contribution in [0.4, 0.5) is 5.69 Å². The van der Waals surface area contributed by atoms with E-state index in [1.165, 1.54) is 11.8 Å². The standard InChI is InChI=1S/C23H23N3O3/c1-16-9-10-20(12-17(16)2)29-15-22(27)26-21-8-4-3-6-18(21)14-25-23(28)19-7-5-11-24-13-19/h3-13H,14-15H2,1-2H3,(H,25,28)(H,26,27). The number of anilines is 1. The lowest BCUT2D eigenvalue weighted by Crippen LogP contribution is -2.25. The monoisotopic (exact) mass is 389 g/mol. The summed E-state index contributed by atoms with van der Waals surface area (Å²) in [5, 5.41) is 5.68. The van der Waals surface area contributed by atoms with E-state index in [1.807, 2.05) is 50.2 Å². The van der Waals surface area contributed by atoms with E-state index in [0.717, 1.165) is 11.1 Å². The van der Waals surface area contributed by atoms with E-state index in [-0.39, 0.29) is 25.0 Å². The van der Waals surface area contributed by atoms with Gasteiger partial charge in [0.15, 0.2) is 6.61 Å². The van der Waals surface area contributed by atoms with Crippen LogP contribution in [0.15, 0.2) is 67.0 Å². The fourth-order valence-electron chi connectivity index (χ4n) is 2.71. The zero-order valence-corrected chi connectivity index (χ0v) is 16.4. The summed E-state index contributed by atoms with van der Waals surface area (Å²) in [4.78, 5) is 28.5. The first-order valence-electron chi connectivity index (χ1n) is 9.29. The Morgan fingerprint density at radius 1 is 1.00 bits per heavy atom. The molecule has 0 atom stereocenters. The van der Waals surface area contributed by atoms with E-state index >= 15 is 0 Å². The minimum absolute atomic E-state index is 0.0983. The Bertz CT molecular complexity index is 1000. The van der Waals surface area contributed by atoms with Crippen LogP contribution < -0.4 is 15.4 Å². The van der Waals surface area contributed by atoms with Gasteiger partial charge in [-0.1, -0.05) is 24.3 Å². The maximum atomic E-state index is 12.3. The van der Waals surface area contributed by atoms with Gasteiger partial charge in [-0.2, -0.15) is 0 Å². The van der Waals surface area contributed by atoms with Gasteiger partial charge in [0.2, 0.25) is 0 Å². The molecule has 6 heteroatoms. The lowest BCUT2D eigenvalue weighted by atomic mass is 10.1. The van der Waals surface area contributed by atoms with Crippen molar-refractivity contribution in [1.29, 1.82) is 0 Å². The first-order valence-corrected chi connectivity index (χ1v) is 9.29. The molecule has 3 rings (SSSR count). The molecular formula is C23H23N3O3. The molecule has 0 radical (unpaired) electrons. The molecule has 6 nitrogen and oxygen atoms in total. The van der Waals surface area contributed by atoms with Crippen molar-refractivity contribution in [3.05, 3.63) is 89.2 Å². The number of aryl methyl sites for hydroxylation is 2. The topological polar surface area (TPSA) is 80.3 Å². The van der Waals surface area contributed by atoms with Gasteiger partial charge in [0.1, 0.15) is 5.75 Å². The third-order valence-corrected chi connectivity index (χ3v) is 4.50. The van der Waals surface area contributed by atoms with Gasteiger partial charge in [-0.05, 0) is 60.9 Å². The SMILES string of the molecule is Cc1ccc(OCC(=O)Nc2ccccc2CNC(=O)c2cccnc2)cc1C. The summed E-state index contributed by atoms with van der Waals surface area (Å²) in [7, 11) is 0. The summed E-state index contributed by atoms with van der Waals surface area (Å²) in [5.41, 5.74) is 4.19. The third-order valence-electron chi connectivity index (χ3n) is 4.50. The molecule has 29 heavy (non-hydrogen) atoms. The molecule has 2 aromatic carbocycles. The van der Waals surface area contributed by atoms with Gasteiger partial charge in [0.25, 0.3) is 11.8 Å². The highest BCUT2D eigenvalue weighted by molar-refractivity contribution is 5.94. The summed E-state index contributed by atoms with van der Waals surface area (Å²) in [5.74, 6) is 0.159. The Kier molecular flexibility index (Phi) is 6.58. The maximum Gasteiger partial charge on any atom is 0.262 e. The van der Waals surface area contributed by atoms with Crippen molar-refractivity contribution in [2.75, 3.05) is 11.9 Å². The lowest BCUT2D eigenvalue weighted by Gasteiger charge is -2.13. The summed E-state index contributed by atoms with van der Waals surface area (Å²) >= 11 is 0. The Labute approximate surface area is 169 Å². The van der Waals surface area contributed by atoms with Gasteiger partial charge in [-0.15, -0.1) is 0 Å². The number of nitrogens with zero attached hydrogens (tertiary/aromatic N) is 1. The summed E-state index contributed by atoms with van der Waals surface area (Å²) < 4.78 is 5.58. The van der Waals surface area contributed by atoms with Crippen molar-refractivity contribution in [2.24, 2.45) is 0 Å². The number of benzene rings is 2. The Hall–Kier alpha value is -3.67. The lowest BCUT2D eigenvalue weighted by molar-refractivity contribution is -0.118. The largest absolute Gasteiger partial charge is 0.484 e.